The van der Waals surface area contributed by atoms with Gasteiger partial charge in [0.2, 0.25) is 0 Å². The van der Waals surface area contributed by atoms with Crippen LogP contribution in [-0.4, -0.2) is 5.78 Å². The molecule has 23 heavy (non-hydrogen) atoms. The molecule has 2 nitrogen and oxygen atoms in total. The summed E-state index contributed by atoms with van der Waals surface area (Å²) in [4.78, 5) is 13.1. The van der Waals surface area contributed by atoms with Gasteiger partial charge >= 0.3 is 0 Å². The highest BCUT2D eigenvalue weighted by Crippen LogP contribution is 2.35. The van der Waals surface area contributed by atoms with Crippen LogP contribution in [0.4, 0.5) is 0 Å². The summed E-state index contributed by atoms with van der Waals surface area (Å²) in [5, 5.41) is 2.44. The lowest BCUT2D eigenvalue weighted by atomic mass is 9.73. The van der Waals surface area contributed by atoms with Crippen molar-refractivity contribution < 1.29 is 10.1 Å². The van der Waals surface area contributed by atoms with E-state index >= 15 is 0 Å². The standard InChI is InChI=1S/C21H25NO/c1-3-17-19(15-11-7-5-8-12-15)22-20(18(4-2)21(17)23)16-13-9-6-10-14-16/h5-14,17-20,22H,3-4H2,1-2H3/p+1/t17-,18+,19+,20-. The Morgan fingerprint density at radius 1 is 0.739 bits per heavy atom. The SMILES string of the molecule is CC[C@@H]1C(=O)[C@H](CC)[C@H](c2ccccc2)[NH2+][C@@H]1c1ccccc1. The summed E-state index contributed by atoms with van der Waals surface area (Å²) in [7, 11) is 0. The summed E-state index contributed by atoms with van der Waals surface area (Å²) < 4.78 is 0. The molecule has 0 bridgehead atoms. The van der Waals surface area contributed by atoms with E-state index in [0.29, 0.717) is 5.78 Å². The van der Waals surface area contributed by atoms with Crippen molar-refractivity contribution in [2.45, 2.75) is 38.8 Å². The van der Waals surface area contributed by atoms with Gasteiger partial charge in [-0.3, -0.25) is 4.79 Å². The summed E-state index contributed by atoms with van der Waals surface area (Å²) in [5.41, 5.74) is 2.53. The number of hydrogen-bond acceptors (Lipinski definition) is 1. The first kappa shape index (κ1) is 15.9. The van der Waals surface area contributed by atoms with Crippen LogP contribution in [0.1, 0.15) is 49.9 Å². The van der Waals surface area contributed by atoms with Gasteiger partial charge in [0.05, 0.1) is 11.8 Å². The second kappa shape index (κ2) is 7.10. The minimum atomic E-state index is 0.113. The van der Waals surface area contributed by atoms with Gasteiger partial charge in [0.1, 0.15) is 12.1 Å². The Morgan fingerprint density at radius 3 is 1.48 bits per heavy atom. The fourth-order valence-electron chi connectivity index (χ4n) is 4.07. The van der Waals surface area contributed by atoms with E-state index < -0.39 is 0 Å². The lowest BCUT2D eigenvalue weighted by Gasteiger charge is -2.38. The zero-order chi connectivity index (χ0) is 16.2. The number of ketones is 1. The van der Waals surface area contributed by atoms with Crippen LogP contribution in [0.5, 0.6) is 0 Å². The third-order valence-corrected chi connectivity index (χ3v) is 5.26. The Bertz CT molecular complexity index is 582. The van der Waals surface area contributed by atoms with E-state index in [1.807, 2.05) is 12.1 Å². The second-order valence-electron chi connectivity index (χ2n) is 6.50. The first-order valence-electron chi connectivity index (χ1n) is 8.74. The first-order valence-corrected chi connectivity index (χ1v) is 8.74. The second-order valence-corrected chi connectivity index (χ2v) is 6.50. The monoisotopic (exact) mass is 308 g/mol. The van der Waals surface area contributed by atoms with Crippen LogP contribution in [0.25, 0.3) is 0 Å². The molecule has 2 N–H and O–H groups in total. The van der Waals surface area contributed by atoms with Crippen molar-refractivity contribution in [2.75, 3.05) is 0 Å². The molecule has 4 atom stereocenters. The normalized spacial score (nSPS) is 27.8. The predicted molar refractivity (Wildman–Crippen MR) is 92.9 cm³/mol. The Balaban J connectivity index is 1.99. The number of quaternary nitrogens is 1. The van der Waals surface area contributed by atoms with Crippen LogP contribution < -0.4 is 5.32 Å². The van der Waals surface area contributed by atoms with Crippen LogP contribution in [0.3, 0.4) is 0 Å². The van der Waals surface area contributed by atoms with Crippen molar-refractivity contribution in [3.63, 3.8) is 0 Å². The molecule has 0 aliphatic carbocycles. The molecule has 1 saturated heterocycles. The lowest BCUT2D eigenvalue weighted by molar-refractivity contribution is -0.749. The summed E-state index contributed by atoms with van der Waals surface area (Å²) in [6, 6.07) is 21.5. The molecule has 3 rings (SSSR count). The minimum Gasteiger partial charge on any atom is -0.333 e. The van der Waals surface area contributed by atoms with Crippen molar-refractivity contribution in [3.8, 4) is 0 Å². The molecule has 2 heteroatoms. The smallest absolute Gasteiger partial charge is 0.151 e. The molecule has 120 valence electrons. The third-order valence-electron chi connectivity index (χ3n) is 5.26. The van der Waals surface area contributed by atoms with Gasteiger partial charge in [0.15, 0.2) is 5.78 Å². The zero-order valence-corrected chi connectivity index (χ0v) is 14.0. The number of benzene rings is 2. The number of hydrogen-bond donors (Lipinski definition) is 1. The highest BCUT2D eigenvalue weighted by atomic mass is 16.1. The average Bonchev–Trinajstić information content (AvgIpc) is 2.62. The van der Waals surface area contributed by atoms with E-state index in [-0.39, 0.29) is 23.9 Å². The molecule has 1 fully saturated rings. The van der Waals surface area contributed by atoms with Crippen LogP contribution in [0.15, 0.2) is 60.7 Å². The molecule has 0 unspecified atom stereocenters. The molecule has 2 aromatic carbocycles. The molecular formula is C21H26NO+. The zero-order valence-electron chi connectivity index (χ0n) is 14.0. The Labute approximate surface area is 138 Å². The van der Waals surface area contributed by atoms with E-state index in [4.69, 9.17) is 0 Å². The van der Waals surface area contributed by atoms with Crippen molar-refractivity contribution in [3.05, 3.63) is 71.8 Å². The molecule has 0 amide bonds. The molecule has 0 radical (unpaired) electrons. The van der Waals surface area contributed by atoms with Crippen LogP contribution in [0.2, 0.25) is 0 Å². The summed E-state index contributed by atoms with van der Waals surface area (Å²) in [5.74, 6) is 0.671. The maximum atomic E-state index is 13.1. The van der Waals surface area contributed by atoms with Gasteiger partial charge in [-0.2, -0.15) is 0 Å². The molecule has 0 spiro atoms. The predicted octanol–water partition coefficient (Wildman–Crippen LogP) is 3.67. The van der Waals surface area contributed by atoms with Gasteiger partial charge < -0.3 is 5.32 Å². The molecule has 0 aromatic heterocycles. The van der Waals surface area contributed by atoms with E-state index in [9.17, 15) is 4.79 Å². The van der Waals surface area contributed by atoms with E-state index in [0.717, 1.165) is 12.8 Å². The largest absolute Gasteiger partial charge is 0.333 e. The fourth-order valence-corrected chi connectivity index (χ4v) is 4.07. The molecule has 1 aliphatic rings. The summed E-state index contributed by atoms with van der Waals surface area (Å²) >= 11 is 0. The van der Waals surface area contributed by atoms with Crippen LogP contribution >= 0.6 is 0 Å². The van der Waals surface area contributed by atoms with Crippen LogP contribution in [-0.2, 0) is 4.79 Å². The minimum absolute atomic E-state index is 0.113. The number of rotatable bonds is 4. The summed E-state index contributed by atoms with van der Waals surface area (Å²) in [6.07, 6.45) is 1.82. The van der Waals surface area contributed by atoms with Crippen molar-refractivity contribution in [2.24, 2.45) is 11.8 Å². The highest BCUT2D eigenvalue weighted by molar-refractivity contribution is 5.85. The Hall–Kier alpha value is -1.93. The van der Waals surface area contributed by atoms with Crippen molar-refractivity contribution in [1.82, 2.24) is 0 Å². The Kier molecular flexibility index (Phi) is 4.92. The molecule has 2 aromatic rings. The van der Waals surface area contributed by atoms with Crippen molar-refractivity contribution in [1.29, 1.82) is 0 Å². The van der Waals surface area contributed by atoms with Gasteiger partial charge in [-0.1, -0.05) is 74.5 Å². The molecule has 1 aliphatic heterocycles. The first-order chi connectivity index (χ1) is 11.3. The molecular weight excluding hydrogens is 282 g/mol. The van der Waals surface area contributed by atoms with E-state index in [1.54, 1.807) is 0 Å². The van der Waals surface area contributed by atoms with Gasteiger partial charge in [0.25, 0.3) is 0 Å². The average molecular weight is 308 g/mol. The lowest BCUT2D eigenvalue weighted by Crippen LogP contribution is -2.91. The van der Waals surface area contributed by atoms with E-state index in [1.165, 1.54) is 11.1 Å². The van der Waals surface area contributed by atoms with Gasteiger partial charge in [-0.25, -0.2) is 0 Å². The van der Waals surface area contributed by atoms with E-state index in [2.05, 4.69) is 67.7 Å². The molecule has 0 saturated carbocycles. The number of carbonyl (C=O) groups excluding carboxylic acids is 1. The quantitative estimate of drug-likeness (QED) is 0.918. The highest BCUT2D eigenvalue weighted by Gasteiger charge is 2.46. The van der Waals surface area contributed by atoms with Gasteiger partial charge in [0, 0.05) is 11.1 Å². The van der Waals surface area contributed by atoms with Gasteiger partial charge in [-0.15, -0.1) is 0 Å². The van der Waals surface area contributed by atoms with Gasteiger partial charge in [-0.05, 0) is 12.8 Å². The number of carbonyl (C=O) groups is 1. The Morgan fingerprint density at radius 2 is 1.13 bits per heavy atom. The van der Waals surface area contributed by atoms with Crippen molar-refractivity contribution >= 4 is 5.78 Å². The maximum absolute atomic E-state index is 13.1. The third kappa shape index (κ3) is 3.09. The summed E-state index contributed by atoms with van der Waals surface area (Å²) in [6.45, 7) is 4.28. The number of piperidine rings is 1. The number of nitrogens with two attached hydrogens (primary N) is 1. The number of Topliss-reactive ketones (excluding diaryl/α,β-unsaturated/α-hetero) is 1. The molecule has 1 heterocycles. The fraction of sp³-hybridized carbons (Fsp3) is 0.381. The maximum Gasteiger partial charge on any atom is 0.151 e. The van der Waals surface area contributed by atoms with Crippen LogP contribution in [0, 0.1) is 11.8 Å². The topological polar surface area (TPSA) is 33.7 Å².